The summed E-state index contributed by atoms with van der Waals surface area (Å²) >= 11 is 3.33. The number of rotatable bonds is 1. The van der Waals surface area contributed by atoms with Crippen molar-refractivity contribution in [1.29, 1.82) is 0 Å². The Morgan fingerprint density at radius 3 is 2.50 bits per heavy atom. The number of pyridine rings is 1. The highest BCUT2D eigenvalue weighted by molar-refractivity contribution is 9.10. The largest absolute Gasteiger partial charge is 0.257 e. The highest BCUT2D eigenvalue weighted by atomic mass is 79.9. The van der Waals surface area contributed by atoms with E-state index in [0.717, 1.165) is 10.2 Å². The fourth-order valence-electron chi connectivity index (χ4n) is 1.11. The number of nitrogens with zero attached hydrogens (tertiary/aromatic N) is 1. The van der Waals surface area contributed by atoms with E-state index in [2.05, 4.69) is 20.9 Å². The maximum Gasteiger partial charge on any atom is 0.146 e. The molecule has 66 valence electrons. The van der Waals surface area contributed by atoms with Crippen molar-refractivity contribution in [3.8, 4) is 0 Å². The zero-order valence-corrected chi connectivity index (χ0v) is 8.94. The summed E-state index contributed by atoms with van der Waals surface area (Å²) < 4.78 is 14.0. The van der Waals surface area contributed by atoms with Crippen LogP contribution in [0.1, 0.15) is 31.0 Å². The third kappa shape index (κ3) is 1.66. The Hall–Kier alpha value is -0.440. The first-order valence-electron chi connectivity index (χ1n) is 3.84. The molecule has 1 heterocycles. The van der Waals surface area contributed by atoms with E-state index < -0.39 is 0 Å². The van der Waals surface area contributed by atoms with Crippen LogP contribution < -0.4 is 0 Å². The Bertz CT molecular complexity index is 297. The fraction of sp³-hybridized carbons (Fsp3) is 0.444. The van der Waals surface area contributed by atoms with Gasteiger partial charge in [-0.2, -0.15) is 0 Å². The molecule has 0 bridgehead atoms. The van der Waals surface area contributed by atoms with E-state index in [1.54, 1.807) is 0 Å². The minimum Gasteiger partial charge on any atom is -0.257 e. The minimum atomic E-state index is -0.234. The molecule has 0 spiro atoms. The molecule has 0 atom stereocenters. The van der Waals surface area contributed by atoms with Gasteiger partial charge in [-0.1, -0.05) is 13.8 Å². The molecule has 0 aliphatic heterocycles. The van der Waals surface area contributed by atoms with E-state index in [1.165, 1.54) is 6.20 Å². The highest BCUT2D eigenvalue weighted by Crippen LogP contribution is 2.28. The summed E-state index contributed by atoms with van der Waals surface area (Å²) in [6.45, 7) is 5.78. The van der Waals surface area contributed by atoms with Crippen molar-refractivity contribution < 1.29 is 4.39 Å². The second-order valence-corrected chi connectivity index (χ2v) is 3.87. The van der Waals surface area contributed by atoms with Crippen molar-refractivity contribution in [3.63, 3.8) is 0 Å². The molecule has 3 heteroatoms. The number of halogens is 2. The van der Waals surface area contributed by atoms with Gasteiger partial charge in [0, 0.05) is 10.0 Å². The smallest absolute Gasteiger partial charge is 0.146 e. The summed E-state index contributed by atoms with van der Waals surface area (Å²) in [7, 11) is 0. The van der Waals surface area contributed by atoms with Crippen molar-refractivity contribution in [2.75, 3.05) is 0 Å². The van der Waals surface area contributed by atoms with Gasteiger partial charge < -0.3 is 0 Å². The van der Waals surface area contributed by atoms with Crippen molar-refractivity contribution in [3.05, 3.63) is 27.7 Å². The standard InChI is InChI=1S/C9H11BrFN/c1-5(2)8-7(11)4-12-6(3)9(8)10/h4-5H,1-3H3. The Labute approximate surface area is 80.1 Å². The van der Waals surface area contributed by atoms with E-state index in [9.17, 15) is 4.39 Å². The molecule has 0 aromatic carbocycles. The third-order valence-electron chi connectivity index (χ3n) is 1.76. The predicted octanol–water partition coefficient (Wildman–Crippen LogP) is 3.42. The summed E-state index contributed by atoms with van der Waals surface area (Å²) in [6.07, 6.45) is 1.27. The van der Waals surface area contributed by atoms with Gasteiger partial charge in [0.05, 0.1) is 11.9 Å². The van der Waals surface area contributed by atoms with E-state index in [-0.39, 0.29) is 11.7 Å². The monoisotopic (exact) mass is 231 g/mol. The van der Waals surface area contributed by atoms with Crippen molar-refractivity contribution in [1.82, 2.24) is 4.98 Å². The zero-order valence-electron chi connectivity index (χ0n) is 7.36. The number of aryl methyl sites for hydroxylation is 1. The van der Waals surface area contributed by atoms with Gasteiger partial charge in [-0.3, -0.25) is 4.98 Å². The van der Waals surface area contributed by atoms with Crippen LogP contribution in [0.15, 0.2) is 10.7 Å². The van der Waals surface area contributed by atoms with Crippen LogP contribution in [0.4, 0.5) is 4.39 Å². The Morgan fingerprint density at radius 2 is 2.08 bits per heavy atom. The first kappa shape index (κ1) is 9.65. The molecule has 0 saturated heterocycles. The molecule has 0 amide bonds. The topological polar surface area (TPSA) is 12.9 Å². The van der Waals surface area contributed by atoms with Crippen molar-refractivity contribution >= 4 is 15.9 Å². The van der Waals surface area contributed by atoms with Crippen LogP contribution >= 0.6 is 15.9 Å². The lowest BCUT2D eigenvalue weighted by Crippen LogP contribution is -1.98. The first-order valence-corrected chi connectivity index (χ1v) is 4.63. The molecule has 0 N–H and O–H groups in total. The summed E-state index contributed by atoms with van der Waals surface area (Å²) in [5, 5.41) is 0. The molecule has 12 heavy (non-hydrogen) atoms. The van der Waals surface area contributed by atoms with Gasteiger partial charge in [0.2, 0.25) is 0 Å². The number of aromatic nitrogens is 1. The van der Waals surface area contributed by atoms with Crippen molar-refractivity contribution in [2.24, 2.45) is 0 Å². The van der Waals surface area contributed by atoms with Crippen molar-refractivity contribution in [2.45, 2.75) is 26.7 Å². The minimum absolute atomic E-state index is 0.182. The maximum absolute atomic E-state index is 13.2. The fourth-order valence-corrected chi connectivity index (χ4v) is 1.86. The van der Waals surface area contributed by atoms with E-state index in [1.807, 2.05) is 20.8 Å². The lowest BCUT2D eigenvalue weighted by molar-refractivity contribution is 0.588. The molecule has 1 nitrogen and oxygen atoms in total. The van der Waals surface area contributed by atoms with Gasteiger partial charge in [0.15, 0.2) is 0 Å². The summed E-state index contributed by atoms with van der Waals surface area (Å²) in [5.74, 6) is -0.0523. The van der Waals surface area contributed by atoms with Crippen LogP contribution in [0.5, 0.6) is 0 Å². The van der Waals surface area contributed by atoms with Crippen LogP contribution in [0, 0.1) is 12.7 Å². The van der Waals surface area contributed by atoms with Gasteiger partial charge >= 0.3 is 0 Å². The second-order valence-electron chi connectivity index (χ2n) is 3.07. The molecule has 1 aromatic heterocycles. The van der Waals surface area contributed by atoms with Crippen LogP contribution in [0.2, 0.25) is 0 Å². The van der Waals surface area contributed by atoms with Gasteiger partial charge in [-0.05, 0) is 28.8 Å². The zero-order chi connectivity index (χ0) is 9.30. The molecule has 0 unspecified atom stereocenters. The summed E-state index contributed by atoms with van der Waals surface area (Å²) in [6, 6.07) is 0. The first-order chi connectivity index (χ1) is 5.54. The lowest BCUT2D eigenvalue weighted by Gasteiger charge is -2.10. The Kier molecular flexibility index (Phi) is 2.83. The molecular formula is C9H11BrFN. The van der Waals surface area contributed by atoms with Crippen LogP contribution in [0.3, 0.4) is 0 Å². The maximum atomic E-state index is 13.2. The highest BCUT2D eigenvalue weighted by Gasteiger charge is 2.12. The lowest BCUT2D eigenvalue weighted by atomic mass is 10.0. The predicted molar refractivity (Wildman–Crippen MR) is 50.7 cm³/mol. The molecule has 1 aromatic rings. The molecule has 0 radical (unpaired) electrons. The second kappa shape index (κ2) is 3.52. The van der Waals surface area contributed by atoms with Gasteiger partial charge in [-0.25, -0.2) is 4.39 Å². The van der Waals surface area contributed by atoms with Crippen LogP contribution in [0.25, 0.3) is 0 Å². The number of hydrogen-bond donors (Lipinski definition) is 0. The Morgan fingerprint density at radius 1 is 1.50 bits per heavy atom. The summed E-state index contributed by atoms with van der Waals surface area (Å²) in [5.41, 5.74) is 1.54. The van der Waals surface area contributed by atoms with Gasteiger partial charge in [0.1, 0.15) is 5.82 Å². The molecule has 1 rings (SSSR count). The quantitative estimate of drug-likeness (QED) is 0.722. The van der Waals surface area contributed by atoms with Gasteiger partial charge in [0.25, 0.3) is 0 Å². The van der Waals surface area contributed by atoms with E-state index >= 15 is 0 Å². The molecule has 0 aliphatic carbocycles. The number of hydrogen-bond acceptors (Lipinski definition) is 1. The molecule has 0 saturated carbocycles. The average molecular weight is 232 g/mol. The average Bonchev–Trinajstić information content (AvgIpc) is 1.97. The van der Waals surface area contributed by atoms with Gasteiger partial charge in [-0.15, -0.1) is 0 Å². The molecule has 0 fully saturated rings. The molecule has 0 aliphatic rings. The molecular weight excluding hydrogens is 221 g/mol. The van der Waals surface area contributed by atoms with E-state index in [0.29, 0.717) is 5.56 Å². The Balaban J connectivity index is 3.33. The van der Waals surface area contributed by atoms with Crippen LogP contribution in [-0.4, -0.2) is 4.98 Å². The summed E-state index contributed by atoms with van der Waals surface area (Å²) in [4.78, 5) is 3.90. The SMILES string of the molecule is Cc1ncc(F)c(C(C)C)c1Br. The third-order valence-corrected chi connectivity index (χ3v) is 2.76. The van der Waals surface area contributed by atoms with E-state index in [4.69, 9.17) is 0 Å². The van der Waals surface area contributed by atoms with Crippen LogP contribution in [-0.2, 0) is 0 Å². The normalized spacial score (nSPS) is 10.8.